The van der Waals surface area contributed by atoms with Crippen LogP contribution >= 0.6 is 0 Å². The summed E-state index contributed by atoms with van der Waals surface area (Å²) in [6.07, 6.45) is 8.55. The first-order valence-corrected chi connectivity index (χ1v) is 5.33. The second-order valence-electron chi connectivity index (χ2n) is 4.75. The minimum absolute atomic E-state index is 0.233. The average molecular weight is 180 g/mol. The third-order valence-electron chi connectivity index (χ3n) is 3.25. The Bertz CT molecular complexity index is 216. The van der Waals surface area contributed by atoms with E-state index in [0.29, 0.717) is 0 Å². The van der Waals surface area contributed by atoms with Crippen LogP contribution in [0.5, 0.6) is 0 Å². The minimum atomic E-state index is 0.233. The van der Waals surface area contributed by atoms with Gasteiger partial charge in [-0.1, -0.05) is 11.6 Å². The Kier molecular flexibility index (Phi) is 2.43. The third kappa shape index (κ3) is 2.55. The summed E-state index contributed by atoms with van der Waals surface area (Å²) in [6, 6.07) is 0. The lowest BCUT2D eigenvalue weighted by Crippen LogP contribution is -2.27. The first-order valence-electron chi connectivity index (χ1n) is 5.33. The summed E-state index contributed by atoms with van der Waals surface area (Å²) in [4.78, 5) is 2.39. The van der Waals surface area contributed by atoms with E-state index in [1.165, 1.54) is 38.6 Å². The Labute approximate surface area is 80.8 Å². The van der Waals surface area contributed by atoms with Crippen molar-refractivity contribution in [1.29, 1.82) is 0 Å². The predicted octanol–water partition coefficient (Wildman–Crippen LogP) is 1.52. The summed E-state index contributed by atoms with van der Waals surface area (Å²) in [5.41, 5.74) is 7.89. The van der Waals surface area contributed by atoms with Gasteiger partial charge in [-0.3, -0.25) is 0 Å². The molecule has 0 aromatic heterocycles. The Balaban J connectivity index is 1.77. The molecule has 1 heterocycles. The van der Waals surface area contributed by atoms with Crippen molar-refractivity contribution in [3.63, 3.8) is 0 Å². The van der Waals surface area contributed by atoms with Gasteiger partial charge in [-0.25, -0.2) is 0 Å². The highest BCUT2D eigenvalue weighted by molar-refractivity contribution is 5.11. The maximum absolute atomic E-state index is 6.06. The molecule has 2 heteroatoms. The largest absolute Gasteiger partial charge is 0.325 e. The van der Waals surface area contributed by atoms with E-state index >= 15 is 0 Å². The zero-order valence-electron chi connectivity index (χ0n) is 8.55. The fourth-order valence-corrected chi connectivity index (χ4v) is 1.98. The first-order chi connectivity index (χ1) is 6.18. The van der Waals surface area contributed by atoms with E-state index in [2.05, 4.69) is 18.0 Å². The van der Waals surface area contributed by atoms with Crippen molar-refractivity contribution in [3.8, 4) is 0 Å². The fraction of sp³-hybridized carbons (Fsp3) is 0.818. The van der Waals surface area contributed by atoms with Crippen LogP contribution in [0.3, 0.4) is 0 Å². The van der Waals surface area contributed by atoms with Gasteiger partial charge >= 0.3 is 0 Å². The molecule has 2 nitrogen and oxygen atoms in total. The third-order valence-corrected chi connectivity index (χ3v) is 3.25. The van der Waals surface area contributed by atoms with E-state index in [1.54, 1.807) is 5.57 Å². The maximum atomic E-state index is 6.06. The summed E-state index contributed by atoms with van der Waals surface area (Å²) in [5.74, 6) is 0. The first kappa shape index (κ1) is 9.22. The average Bonchev–Trinajstić information content (AvgIpc) is 2.82. The maximum Gasteiger partial charge on any atom is 0.0189 e. The van der Waals surface area contributed by atoms with Crippen LogP contribution in [0.2, 0.25) is 0 Å². The number of rotatable bonds is 3. The number of hydrogen-bond donors (Lipinski definition) is 1. The molecule has 0 aromatic rings. The van der Waals surface area contributed by atoms with Crippen molar-refractivity contribution in [2.75, 3.05) is 20.1 Å². The summed E-state index contributed by atoms with van der Waals surface area (Å²) in [6.45, 7) is 2.38. The van der Waals surface area contributed by atoms with E-state index < -0.39 is 0 Å². The van der Waals surface area contributed by atoms with Gasteiger partial charge < -0.3 is 10.6 Å². The second kappa shape index (κ2) is 3.43. The molecular formula is C11H20N2. The van der Waals surface area contributed by atoms with Crippen LogP contribution in [-0.2, 0) is 0 Å². The van der Waals surface area contributed by atoms with E-state index in [4.69, 9.17) is 5.73 Å². The molecule has 1 aliphatic heterocycles. The SMILES string of the molecule is CN1CCC=C(CCC2(N)CC2)C1. The molecule has 0 amide bonds. The van der Waals surface area contributed by atoms with Crippen LogP contribution in [0.15, 0.2) is 11.6 Å². The van der Waals surface area contributed by atoms with E-state index in [1.807, 2.05) is 0 Å². The van der Waals surface area contributed by atoms with E-state index in [0.717, 1.165) is 6.54 Å². The van der Waals surface area contributed by atoms with Crippen LogP contribution in [0.1, 0.15) is 32.1 Å². The van der Waals surface area contributed by atoms with Gasteiger partial charge in [-0.2, -0.15) is 0 Å². The molecule has 2 rings (SSSR count). The molecule has 0 atom stereocenters. The van der Waals surface area contributed by atoms with Crippen LogP contribution in [0, 0.1) is 0 Å². The van der Waals surface area contributed by atoms with Crippen LogP contribution in [-0.4, -0.2) is 30.6 Å². The van der Waals surface area contributed by atoms with Crippen LogP contribution in [0.25, 0.3) is 0 Å². The molecule has 0 spiro atoms. The summed E-state index contributed by atoms with van der Waals surface area (Å²) >= 11 is 0. The van der Waals surface area contributed by atoms with Gasteiger partial charge in [0, 0.05) is 18.6 Å². The molecule has 0 saturated heterocycles. The molecule has 0 unspecified atom stereocenters. The molecule has 0 radical (unpaired) electrons. The Morgan fingerprint density at radius 1 is 1.54 bits per heavy atom. The zero-order valence-corrected chi connectivity index (χ0v) is 8.55. The molecule has 1 aliphatic carbocycles. The molecule has 1 saturated carbocycles. The smallest absolute Gasteiger partial charge is 0.0189 e. The topological polar surface area (TPSA) is 29.3 Å². The number of hydrogen-bond acceptors (Lipinski definition) is 2. The number of likely N-dealkylation sites (N-methyl/N-ethyl adjacent to an activating group) is 1. The highest BCUT2D eigenvalue weighted by Crippen LogP contribution is 2.37. The molecule has 2 N–H and O–H groups in total. The van der Waals surface area contributed by atoms with Crippen molar-refractivity contribution in [2.24, 2.45) is 5.73 Å². The molecule has 1 fully saturated rings. The van der Waals surface area contributed by atoms with E-state index in [-0.39, 0.29) is 5.54 Å². The summed E-state index contributed by atoms with van der Waals surface area (Å²) in [7, 11) is 2.20. The van der Waals surface area contributed by atoms with Gasteiger partial charge in [0.2, 0.25) is 0 Å². The molecule has 2 aliphatic rings. The standard InChI is InChI=1S/C11H20N2/c1-13-8-2-3-10(9-13)4-5-11(12)6-7-11/h3H,2,4-9,12H2,1H3. The van der Waals surface area contributed by atoms with Crippen molar-refractivity contribution in [1.82, 2.24) is 4.90 Å². The molecule has 0 bridgehead atoms. The van der Waals surface area contributed by atoms with Crippen molar-refractivity contribution in [2.45, 2.75) is 37.6 Å². The number of nitrogens with two attached hydrogens (primary N) is 1. The molecular weight excluding hydrogens is 160 g/mol. The Hall–Kier alpha value is -0.340. The van der Waals surface area contributed by atoms with Gasteiger partial charge in [0.1, 0.15) is 0 Å². The molecule has 0 aromatic carbocycles. The normalized spacial score (nSPS) is 27.1. The van der Waals surface area contributed by atoms with Crippen molar-refractivity contribution >= 4 is 0 Å². The van der Waals surface area contributed by atoms with Gasteiger partial charge in [0.05, 0.1) is 0 Å². The monoisotopic (exact) mass is 180 g/mol. The predicted molar refractivity (Wildman–Crippen MR) is 55.6 cm³/mol. The quantitative estimate of drug-likeness (QED) is 0.667. The molecule has 74 valence electrons. The number of nitrogens with zero attached hydrogens (tertiary/aromatic N) is 1. The van der Waals surface area contributed by atoms with E-state index in [9.17, 15) is 0 Å². The summed E-state index contributed by atoms with van der Waals surface area (Å²) < 4.78 is 0. The second-order valence-corrected chi connectivity index (χ2v) is 4.75. The Morgan fingerprint density at radius 3 is 2.92 bits per heavy atom. The minimum Gasteiger partial charge on any atom is -0.325 e. The van der Waals surface area contributed by atoms with Crippen LogP contribution < -0.4 is 5.73 Å². The fourth-order valence-electron chi connectivity index (χ4n) is 1.98. The molecule has 13 heavy (non-hydrogen) atoms. The lowest BCUT2D eigenvalue weighted by atomic mass is 10.0. The van der Waals surface area contributed by atoms with Gasteiger partial charge in [-0.05, 0) is 39.2 Å². The van der Waals surface area contributed by atoms with Gasteiger partial charge in [0.15, 0.2) is 0 Å². The van der Waals surface area contributed by atoms with Crippen molar-refractivity contribution < 1.29 is 0 Å². The zero-order chi connectivity index (χ0) is 9.31. The lowest BCUT2D eigenvalue weighted by Gasteiger charge is -2.23. The highest BCUT2D eigenvalue weighted by atomic mass is 15.1. The lowest BCUT2D eigenvalue weighted by molar-refractivity contribution is 0.347. The van der Waals surface area contributed by atoms with Gasteiger partial charge in [-0.15, -0.1) is 0 Å². The highest BCUT2D eigenvalue weighted by Gasteiger charge is 2.37. The van der Waals surface area contributed by atoms with Gasteiger partial charge in [0.25, 0.3) is 0 Å². The van der Waals surface area contributed by atoms with Crippen LogP contribution in [0.4, 0.5) is 0 Å². The summed E-state index contributed by atoms with van der Waals surface area (Å²) in [5, 5.41) is 0. The van der Waals surface area contributed by atoms with Crippen molar-refractivity contribution in [3.05, 3.63) is 11.6 Å². The Morgan fingerprint density at radius 2 is 2.31 bits per heavy atom.